The van der Waals surface area contributed by atoms with E-state index in [0.29, 0.717) is 0 Å². The molecule has 2 aromatic rings. The van der Waals surface area contributed by atoms with Gasteiger partial charge >= 0.3 is 0 Å². The van der Waals surface area contributed by atoms with Crippen LogP contribution in [0, 0.1) is 0 Å². The van der Waals surface area contributed by atoms with E-state index in [4.69, 9.17) is 5.73 Å². The number of rotatable bonds is 6. The second-order valence-electron chi connectivity index (χ2n) is 4.86. The summed E-state index contributed by atoms with van der Waals surface area (Å²) in [4.78, 5) is 0. The van der Waals surface area contributed by atoms with Crippen LogP contribution in [-0.4, -0.2) is 9.78 Å². The molecular formula is C16H23N3. The highest BCUT2D eigenvalue weighted by molar-refractivity contribution is 5.17. The zero-order valence-electron chi connectivity index (χ0n) is 11.8. The number of aromatic nitrogens is 2. The van der Waals surface area contributed by atoms with E-state index in [0.717, 1.165) is 37.2 Å². The molecule has 0 fully saturated rings. The molecule has 1 unspecified atom stereocenters. The normalized spacial score (nSPS) is 12.6. The number of hydrogen-bond donors (Lipinski definition) is 1. The van der Waals surface area contributed by atoms with Gasteiger partial charge in [0.1, 0.15) is 0 Å². The third-order valence-corrected chi connectivity index (χ3v) is 3.49. The largest absolute Gasteiger partial charge is 0.323 e. The fraction of sp³-hybridized carbons (Fsp3) is 0.438. The van der Waals surface area contributed by atoms with Crippen LogP contribution >= 0.6 is 0 Å². The lowest BCUT2D eigenvalue weighted by Gasteiger charge is -2.13. The van der Waals surface area contributed by atoms with Gasteiger partial charge in [-0.3, -0.25) is 4.68 Å². The van der Waals surface area contributed by atoms with Gasteiger partial charge in [-0.2, -0.15) is 5.10 Å². The summed E-state index contributed by atoms with van der Waals surface area (Å²) < 4.78 is 2.04. The second-order valence-corrected chi connectivity index (χ2v) is 4.86. The Hall–Kier alpha value is -1.61. The van der Waals surface area contributed by atoms with E-state index in [9.17, 15) is 0 Å². The Morgan fingerprint density at radius 2 is 1.95 bits per heavy atom. The number of nitrogens with zero attached hydrogens (tertiary/aromatic N) is 2. The lowest BCUT2D eigenvalue weighted by molar-refractivity contribution is 0.545. The van der Waals surface area contributed by atoms with Crippen LogP contribution in [0.25, 0.3) is 0 Å². The third-order valence-electron chi connectivity index (χ3n) is 3.49. The van der Waals surface area contributed by atoms with E-state index in [1.807, 2.05) is 10.7 Å². The van der Waals surface area contributed by atoms with E-state index in [2.05, 4.69) is 49.3 Å². The zero-order valence-corrected chi connectivity index (χ0v) is 11.8. The molecule has 2 rings (SSSR count). The summed E-state index contributed by atoms with van der Waals surface area (Å²) >= 11 is 0. The summed E-state index contributed by atoms with van der Waals surface area (Å²) in [6, 6.07) is 12.7. The van der Waals surface area contributed by atoms with Gasteiger partial charge in [-0.05, 0) is 37.8 Å². The molecule has 0 saturated carbocycles. The van der Waals surface area contributed by atoms with Crippen LogP contribution in [-0.2, 0) is 19.4 Å². The first-order valence-electron chi connectivity index (χ1n) is 7.10. The van der Waals surface area contributed by atoms with Crippen LogP contribution in [0.4, 0.5) is 0 Å². The predicted octanol–water partition coefficient (Wildman–Crippen LogP) is 3.10. The molecule has 0 amide bonds. The Bertz CT molecular complexity index is 502. The molecular weight excluding hydrogens is 234 g/mol. The molecule has 0 saturated heterocycles. The molecule has 1 heterocycles. The fourth-order valence-electron chi connectivity index (χ4n) is 2.33. The molecule has 0 aliphatic heterocycles. The van der Waals surface area contributed by atoms with Crippen molar-refractivity contribution in [3.05, 3.63) is 53.3 Å². The van der Waals surface area contributed by atoms with Crippen molar-refractivity contribution >= 4 is 0 Å². The number of nitrogens with two attached hydrogens (primary N) is 1. The SMILES string of the molecule is CCc1cc(C(N)CCc2ccccc2)n(CC)n1. The monoisotopic (exact) mass is 257 g/mol. The Balaban J connectivity index is 2.03. The smallest absolute Gasteiger partial charge is 0.0625 e. The first-order chi connectivity index (χ1) is 9.24. The average Bonchev–Trinajstić information content (AvgIpc) is 2.89. The van der Waals surface area contributed by atoms with Gasteiger partial charge in [-0.1, -0.05) is 37.3 Å². The van der Waals surface area contributed by atoms with Crippen LogP contribution in [0.1, 0.15) is 43.3 Å². The Morgan fingerprint density at radius 3 is 2.58 bits per heavy atom. The van der Waals surface area contributed by atoms with Crippen molar-refractivity contribution in [3.8, 4) is 0 Å². The molecule has 3 heteroatoms. The summed E-state index contributed by atoms with van der Waals surface area (Å²) in [7, 11) is 0. The van der Waals surface area contributed by atoms with E-state index in [-0.39, 0.29) is 6.04 Å². The molecule has 0 aliphatic rings. The van der Waals surface area contributed by atoms with Crippen LogP contribution < -0.4 is 5.73 Å². The maximum Gasteiger partial charge on any atom is 0.0625 e. The van der Waals surface area contributed by atoms with E-state index >= 15 is 0 Å². The van der Waals surface area contributed by atoms with Crippen molar-refractivity contribution in [3.63, 3.8) is 0 Å². The number of aryl methyl sites for hydroxylation is 3. The van der Waals surface area contributed by atoms with Crippen molar-refractivity contribution in [2.24, 2.45) is 5.73 Å². The molecule has 19 heavy (non-hydrogen) atoms. The van der Waals surface area contributed by atoms with E-state index in [1.54, 1.807) is 0 Å². The minimum absolute atomic E-state index is 0.0629. The summed E-state index contributed by atoms with van der Waals surface area (Å²) in [6.07, 6.45) is 2.93. The molecule has 3 nitrogen and oxygen atoms in total. The van der Waals surface area contributed by atoms with E-state index < -0.39 is 0 Å². The van der Waals surface area contributed by atoms with Crippen LogP contribution in [0.3, 0.4) is 0 Å². The summed E-state index contributed by atoms with van der Waals surface area (Å²) in [6.45, 7) is 5.12. The molecule has 0 aliphatic carbocycles. The first-order valence-corrected chi connectivity index (χ1v) is 7.10. The topological polar surface area (TPSA) is 43.8 Å². The fourth-order valence-corrected chi connectivity index (χ4v) is 2.33. The first kappa shape index (κ1) is 13.8. The van der Waals surface area contributed by atoms with Gasteiger partial charge in [0.2, 0.25) is 0 Å². The predicted molar refractivity (Wildman–Crippen MR) is 79.0 cm³/mol. The Kier molecular flexibility index (Phi) is 4.74. The molecule has 1 aromatic carbocycles. The highest BCUT2D eigenvalue weighted by Crippen LogP contribution is 2.18. The van der Waals surface area contributed by atoms with Crippen molar-refractivity contribution in [2.45, 2.75) is 45.7 Å². The van der Waals surface area contributed by atoms with Crippen molar-refractivity contribution in [2.75, 3.05) is 0 Å². The molecule has 2 N–H and O–H groups in total. The molecule has 102 valence electrons. The quantitative estimate of drug-likeness (QED) is 0.864. The summed E-state index contributed by atoms with van der Waals surface area (Å²) in [5.74, 6) is 0. The van der Waals surface area contributed by atoms with E-state index in [1.165, 1.54) is 5.56 Å². The van der Waals surface area contributed by atoms with Crippen molar-refractivity contribution in [1.29, 1.82) is 0 Å². The second kappa shape index (κ2) is 6.53. The van der Waals surface area contributed by atoms with Gasteiger partial charge < -0.3 is 5.73 Å². The molecule has 1 atom stereocenters. The molecule has 0 radical (unpaired) electrons. The van der Waals surface area contributed by atoms with Crippen molar-refractivity contribution < 1.29 is 0 Å². The number of benzene rings is 1. The maximum atomic E-state index is 6.33. The molecule has 0 spiro atoms. The minimum Gasteiger partial charge on any atom is -0.323 e. The Labute approximate surface area is 115 Å². The van der Waals surface area contributed by atoms with Gasteiger partial charge in [0.15, 0.2) is 0 Å². The van der Waals surface area contributed by atoms with Crippen LogP contribution in [0.5, 0.6) is 0 Å². The van der Waals surface area contributed by atoms with Gasteiger partial charge in [0.25, 0.3) is 0 Å². The highest BCUT2D eigenvalue weighted by atomic mass is 15.3. The maximum absolute atomic E-state index is 6.33. The van der Waals surface area contributed by atoms with Gasteiger partial charge in [-0.15, -0.1) is 0 Å². The molecule has 0 bridgehead atoms. The van der Waals surface area contributed by atoms with Crippen molar-refractivity contribution in [1.82, 2.24) is 9.78 Å². The minimum atomic E-state index is 0.0629. The Morgan fingerprint density at radius 1 is 1.21 bits per heavy atom. The zero-order chi connectivity index (χ0) is 13.7. The standard InChI is InChI=1S/C16H23N3/c1-3-14-12-16(19(4-2)18-14)15(17)11-10-13-8-6-5-7-9-13/h5-9,12,15H,3-4,10-11,17H2,1-2H3. The summed E-state index contributed by atoms with van der Waals surface area (Å²) in [5.41, 5.74) is 9.96. The number of hydrogen-bond acceptors (Lipinski definition) is 2. The van der Waals surface area contributed by atoms with Gasteiger partial charge in [0.05, 0.1) is 11.4 Å². The van der Waals surface area contributed by atoms with Crippen LogP contribution in [0.15, 0.2) is 36.4 Å². The van der Waals surface area contributed by atoms with Gasteiger partial charge in [-0.25, -0.2) is 0 Å². The van der Waals surface area contributed by atoms with Crippen LogP contribution in [0.2, 0.25) is 0 Å². The lowest BCUT2D eigenvalue weighted by atomic mass is 10.0. The lowest BCUT2D eigenvalue weighted by Crippen LogP contribution is -2.16. The average molecular weight is 257 g/mol. The third kappa shape index (κ3) is 3.44. The van der Waals surface area contributed by atoms with Gasteiger partial charge in [0, 0.05) is 12.6 Å². The molecule has 1 aromatic heterocycles. The summed E-state index contributed by atoms with van der Waals surface area (Å²) in [5, 5.41) is 4.56. The highest BCUT2D eigenvalue weighted by Gasteiger charge is 2.13.